The first-order valence-corrected chi connectivity index (χ1v) is 6.93. The molecule has 1 aromatic heterocycles. The zero-order valence-corrected chi connectivity index (χ0v) is 11.9. The van der Waals surface area contributed by atoms with Gasteiger partial charge in [-0.2, -0.15) is 0 Å². The number of benzene rings is 1. The second-order valence-corrected chi connectivity index (χ2v) is 5.38. The van der Waals surface area contributed by atoms with Gasteiger partial charge in [-0.05, 0) is 18.6 Å². The van der Waals surface area contributed by atoms with E-state index in [1.807, 2.05) is 24.4 Å². The van der Waals surface area contributed by atoms with Crippen molar-refractivity contribution < 1.29 is 4.74 Å². The SMILES string of the molecule is CCc1ncc(CNc2cc(OC)ccc2Cl)s1. The molecule has 1 N–H and O–H groups in total. The first-order chi connectivity index (χ1) is 8.72. The van der Waals surface area contributed by atoms with E-state index in [-0.39, 0.29) is 0 Å². The summed E-state index contributed by atoms with van der Waals surface area (Å²) in [5.41, 5.74) is 0.877. The van der Waals surface area contributed by atoms with Crippen LogP contribution < -0.4 is 10.1 Å². The van der Waals surface area contributed by atoms with Crippen molar-refractivity contribution in [3.8, 4) is 5.75 Å². The third kappa shape index (κ3) is 3.15. The molecule has 0 radical (unpaired) electrons. The molecule has 0 unspecified atom stereocenters. The van der Waals surface area contributed by atoms with Crippen LogP contribution in [0.4, 0.5) is 5.69 Å². The molecule has 0 saturated carbocycles. The monoisotopic (exact) mass is 282 g/mol. The lowest BCUT2D eigenvalue weighted by molar-refractivity contribution is 0.415. The number of hydrogen-bond donors (Lipinski definition) is 1. The van der Waals surface area contributed by atoms with Crippen LogP contribution in [-0.4, -0.2) is 12.1 Å². The zero-order valence-electron chi connectivity index (χ0n) is 10.4. The molecule has 1 aromatic carbocycles. The van der Waals surface area contributed by atoms with Crippen LogP contribution in [0.5, 0.6) is 5.75 Å². The number of rotatable bonds is 5. The van der Waals surface area contributed by atoms with Gasteiger partial charge in [-0.25, -0.2) is 4.98 Å². The molecule has 5 heteroatoms. The Kier molecular flexibility index (Phi) is 4.44. The van der Waals surface area contributed by atoms with Crippen LogP contribution in [0.1, 0.15) is 16.8 Å². The van der Waals surface area contributed by atoms with Crippen LogP contribution in [-0.2, 0) is 13.0 Å². The minimum absolute atomic E-state index is 0.691. The maximum Gasteiger partial charge on any atom is 0.121 e. The molecule has 1 heterocycles. The smallest absolute Gasteiger partial charge is 0.121 e. The lowest BCUT2D eigenvalue weighted by Gasteiger charge is -2.08. The fraction of sp³-hybridized carbons (Fsp3) is 0.308. The molecule has 0 saturated heterocycles. The van der Waals surface area contributed by atoms with E-state index in [0.29, 0.717) is 5.02 Å². The fourth-order valence-electron chi connectivity index (χ4n) is 1.54. The maximum atomic E-state index is 6.12. The molecule has 0 atom stereocenters. The van der Waals surface area contributed by atoms with Crippen LogP contribution in [0.3, 0.4) is 0 Å². The molecule has 2 aromatic rings. The molecule has 0 aliphatic rings. The zero-order chi connectivity index (χ0) is 13.0. The highest BCUT2D eigenvalue weighted by atomic mass is 35.5. The number of aromatic nitrogens is 1. The van der Waals surface area contributed by atoms with Crippen molar-refractivity contribution in [2.45, 2.75) is 19.9 Å². The summed E-state index contributed by atoms with van der Waals surface area (Å²) >= 11 is 7.84. The Hall–Kier alpha value is -1.26. The minimum Gasteiger partial charge on any atom is -0.497 e. The van der Waals surface area contributed by atoms with Crippen LogP contribution in [0.2, 0.25) is 5.02 Å². The number of hydrogen-bond acceptors (Lipinski definition) is 4. The molecule has 0 aliphatic carbocycles. The topological polar surface area (TPSA) is 34.2 Å². The van der Waals surface area contributed by atoms with Crippen LogP contribution >= 0.6 is 22.9 Å². The lowest BCUT2D eigenvalue weighted by Crippen LogP contribution is -1.98. The molecular formula is C13H15ClN2OS. The number of aryl methyl sites for hydroxylation is 1. The Morgan fingerprint density at radius 2 is 2.28 bits per heavy atom. The Labute approximate surface area is 116 Å². The lowest BCUT2D eigenvalue weighted by atomic mass is 10.3. The normalized spacial score (nSPS) is 10.4. The van der Waals surface area contributed by atoms with E-state index in [1.165, 1.54) is 4.88 Å². The number of nitrogens with one attached hydrogen (secondary N) is 1. The summed E-state index contributed by atoms with van der Waals surface area (Å²) < 4.78 is 5.18. The molecule has 0 aliphatic heterocycles. The van der Waals surface area contributed by atoms with Crippen molar-refractivity contribution in [3.63, 3.8) is 0 Å². The predicted octanol–water partition coefficient (Wildman–Crippen LogP) is 3.98. The van der Waals surface area contributed by atoms with E-state index in [2.05, 4.69) is 17.2 Å². The van der Waals surface area contributed by atoms with E-state index in [9.17, 15) is 0 Å². The average molecular weight is 283 g/mol. The summed E-state index contributed by atoms with van der Waals surface area (Å²) in [5, 5.41) is 5.15. The molecule has 2 rings (SSSR count). The Bertz CT molecular complexity index is 527. The maximum absolute atomic E-state index is 6.12. The molecular weight excluding hydrogens is 268 g/mol. The van der Waals surface area contributed by atoms with Gasteiger partial charge in [-0.3, -0.25) is 0 Å². The largest absolute Gasteiger partial charge is 0.497 e. The van der Waals surface area contributed by atoms with Gasteiger partial charge in [-0.1, -0.05) is 18.5 Å². The quantitative estimate of drug-likeness (QED) is 0.901. The third-order valence-corrected chi connectivity index (χ3v) is 4.00. The number of ether oxygens (including phenoxy) is 1. The van der Waals surface area contributed by atoms with Gasteiger partial charge in [-0.15, -0.1) is 11.3 Å². The van der Waals surface area contributed by atoms with Gasteiger partial charge >= 0.3 is 0 Å². The van der Waals surface area contributed by atoms with Crippen molar-refractivity contribution in [2.75, 3.05) is 12.4 Å². The average Bonchev–Trinajstić information content (AvgIpc) is 2.86. The van der Waals surface area contributed by atoms with E-state index in [1.54, 1.807) is 18.4 Å². The summed E-state index contributed by atoms with van der Waals surface area (Å²) in [6.07, 6.45) is 2.88. The molecule has 3 nitrogen and oxygen atoms in total. The van der Waals surface area contributed by atoms with E-state index < -0.39 is 0 Å². The minimum atomic E-state index is 0.691. The van der Waals surface area contributed by atoms with Gasteiger partial charge in [0, 0.05) is 17.1 Å². The van der Waals surface area contributed by atoms with E-state index >= 15 is 0 Å². The highest BCUT2D eigenvalue weighted by Crippen LogP contribution is 2.27. The summed E-state index contributed by atoms with van der Waals surface area (Å²) in [6.45, 7) is 2.83. The second kappa shape index (κ2) is 6.07. The van der Waals surface area contributed by atoms with Gasteiger partial charge in [0.25, 0.3) is 0 Å². The summed E-state index contributed by atoms with van der Waals surface area (Å²) in [7, 11) is 1.64. The molecule has 0 spiro atoms. The molecule has 0 fully saturated rings. The summed E-state index contributed by atoms with van der Waals surface area (Å²) in [5.74, 6) is 0.792. The van der Waals surface area contributed by atoms with Crippen molar-refractivity contribution >= 4 is 28.6 Å². The van der Waals surface area contributed by atoms with Crippen LogP contribution in [0, 0.1) is 0 Å². The second-order valence-electron chi connectivity index (χ2n) is 3.77. The van der Waals surface area contributed by atoms with Crippen molar-refractivity contribution in [2.24, 2.45) is 0 Å². The summed E-state index contributed by atoms with van der Waals surface area (Å²) in [4.78, 5) is 5.52. The van der Waals surface area contributed by atoms with Gasteiger partial charge in [0.05, 0.1) is 29.4 Å². The van der Waals surface area contributed by atoms with Gasteiger partial charge < -0.3 is 10.1 Å². The summed E-state index contributed by atoms with van der Waals surface area (Å²) in [6, 6.07) is 5.56. The number of thiazole rings is 1. The van der Waals surface area contributed by atoms with Crippen molar-refractivity contribution in [3.05, 3.63) is 39.3 Å². The Balaban J connectivity index is 2.05. The first kappa shape index (κ1) is 13.2. The molecule has 96 valence electrons. The number of methoxy groups -OCH3 is 1. The standard InChI is InChI=1S/C13H15ClN2OS/c1-3-13-16-8-10(18-13)7-15-12-6-9(17-2)4-5-11(12)14/h4-6,8,15H,3,7H2,1-2H3. The van der Waals surface area contributed by atoms with Crippen molar-refractivity contribution in [1.82, 2.24) is 4.98 Å². The Morgan fingerprint density at radius 3 is 2.94 bits per heavy atom. The number of nitrogens with zero attached hydrogens (tertiary/aromatic N) is 1. The van der Waals surface area contributed by atoms with Gasteiger partial charge in [0.15, 0.2) is 0 Å². The fourth-order valence-corrected chi connectivity index (χ4v) is 2.53. The highest BCUT2D eigenvalue weighted by molar-refractivity contribution is 7.11. The molecule has 0 bridgehead atoms. The van der Waals surface area contributed by atoms with Crippen molar-refractivity contribution in [1.29, 1.82) is 0 Å². The van der Waals surface area contributed by atoms with Gasteiger partial charge in [0.2, 0.25) is 0 Å². The number of anilines is 1. The first-order valence-electron chi connectivity index (χ1n) is 5.74. The third-order valence-electron chi connectivity index (χ3n) is 2.53. The predicted molar refractivity (Wildman–Crippen MR) is 76.8 cm³/mol. The molecule has 0 amide bonds. The molecule has 18 heavy (non-hydrogen) atoms. The van der Waals surface area contributed by atoms with E-state index in [4.69, 9.17) is 16.3 Å². The van der Waals surface area contributed by atoms with E-state index in [0.717, 1.165) is 29.4 Å². The highest BCUT2D eigenvalue weighted by Gasteiger charge is 2.04. The Morgan fingerprint density at radius 1 is 1.44 bits per heavy atom. The van der Waals surface area contributed by atoms with Crippen LogP contribution in [0.15, 0.2) is 24.4 Å². The van der Waals surface area contributed by atoms with Crippen LogP contribution in [0.25, 0.3) is 0 Å². The van der Waals surface area contributed by atoms with Gasteiger partial charge in [0.1, 0.15) is 5.75 Å². The number of halogens is 1.